The van der Waals surface area contributed by atoms with Gasteiger partial charge in [-0.3, -0.25) is 14.2 Å². The molecule has 0 saturated heterocycles. The van der Waals surface area contributed by atoms with Gasteiger partial charge in [-0.1, -0.05) is 6.58 Å². The van der Waals surface area contributed by atoms with Crippen LogP contribution in [-0.4, -0.2) is 20.1 Å². The third kappa shape index (κ3) is 4.78. The minimum Gasteiger partial charge on any atom is -0.452 e. The molecule has 7 nitrogen and oxygen atoms in total. The molecule has 0 atom stereocenters. The lowest BCUT2D eigenvalue weighted by atomic mass is 10.2. The molecule has 184 valence electrons. The first-order valence-corrected chi connectivity index (χ1v) is 11.7. The predicted molar refractivity (Wildman–Crippen MR) is 139 cm³/mol. The van der Waals surface area contributed by atoms with E-state index in [1.807, 2.05) is 0 Å². The minimum absolute atomic E-state index is 0.0619. The average Bonchev–Trinajstić information content (AvgIpc) is 3.34. The van der Waals surface area contributed by atoms with Crippen molar-refractivity contribution in [1.82, 2.24) is 14.2 Å². The van der Waals surface area contributed by atoms with Crippen molar-refractivity contribution in [3.05, 3.63) is 123 Å². The zero-order valence-electron chi connectivity index (χ0n) is 19.0. The summed E-state index contributed by atoms with van der Waals surface area (Å²) in [7, 11) is 0. The van der Waals surface area contributed by atoms with Crippen LogP contribution in [0.15, 0.2) is 95.0 Å². The van der Waals surface area contributed by atoms with Crippen molar-refractivity contribution >= 4 is 39.1 Å². The number of amides is 1. The van der Waals surface area contributed by atoms with Crippen LogP contribution in [0.5, 0.6) is 11.5 Å². The number of nitrogens with one attached hydrogen (secondary N) is 1. The standard InChI is InChI=1S/C27H17BrF2N4O3/c1-2-19-8-9-21(27(36)34(19)20-6-3-17(29)4-7-20)26(35)32-18-5-10-24(22(30)14-18)37-25-13-16(28)15-33-23(25)11-12-31-33/h2-15H,1H2,(H,32,35). The second kappa shape index (κ2) is 9.82. The summed E-state index contributed by atoms with van der Waals surface area (Å²) in [5, 5.41) is 6.68. The van der Waals surface area contributed by atoms with Gasteiger partial charge >= 0.3 is 0 Å². The zero-order valence-corrected chi connectivity index (χ0v) is 20.6. The number of ether oxygens (including phenoxy) is 1. The average molecular weight is 563 g/mol. The van der Waals surface area contributed by atoms with Crippen LogP contribution in [0, 0.1) is 11.6 Å². The fourth-order valence-electron chi connectivity index (χ4n) is 3.77. The molecule has 0 unspecified atom stereocenters. The highest BCUT2D eigenvalue weighted by Gasteiger charge is 2.17. The lowest BCUT2D eigenvalue weighted by Gasteiger charge is -2.13. The smallest absolute Gasteiger partial charge is 0.268 e. The molecule has 5 rings (SSSR count). The van der Waals surface area contributed by atoms with E-state index in [0.717, 1.165) is 6.07 Å². The van der Waals surface area contributed by atoms with Gasteiger partial charge in [0.25, 0.3) is 11.5 Å². The molecule has 0 bridgehead atoms. The summed E-state index contributed by atoms with van der Waals surface area (Å²) >= 11 is 3.37. The summed E-state index contributed by atoms with van der Waals surface area (Å²) in [4.78, 5) is 26.1. The number of anilines is 1. The van der Waals surface area contributed by atoms with E-state index < -0.39 is 23.1 Å². The Kier molecular flexibility index (Phi) is 6.41. The van der Waals surface area contributed by atoms with Gasteiger partial charge in [-0.25, -0.2) is 13.3 Å². The van der Waals surface area contributed by atoms with Gasteiger partial charge in [0, 0.05) is 33.8 Å². The Bertz CT molecular complexity index is 1730. The molecule has 0 aliphatic carbocycles. The number of fused-ring (bicyclic) bond motifs is 1. The monoisotopic (exact) mass is 562 g/mol. The Morgan fingerprint density at radius 2 is 1.81 bits per heavy atom. The van der Waals surface area contributed by atoms with Crippen molar-refractivity contribution in [2.75, 3.05) is 5.32 Å². The molecule has 10 heteroatoms. The number of rotatable bonds is 6. The third-order valence-electron chi connectivity index (χ3n) is 5.50. The lowest BCUT2D eigenvalue weighted by molar-refractivity contribution is 0.102. The summed E-state index contributed by atoms with van der Waals surface area (Å²) in [6, 6.07) is 15.5. The fraction of sp³-hybridized carbons (Fsp3) is 0. The molecular weight excluding hydrogens is 546 g/mol. The molecule has 2 aromatic carbocycles. The van der Waals surface area contributed by atoms with E-state index in [1.165, 1.54) is 53.1 Å². The van der Waals surface area contributed by atoms with Crippen molar-refractivity contribution < 1.29 is 18.3 Å². The Balaban J connectivity index is 1.41. The molecule has 1 N–H and O–H groups in total. The van der Waals surface area contributed by atoms with Crippen LogP contribution >= 0.6 is 15.9 Å². The third-order valence-corrected chi connectivity index (χ3v) is 5.93. The van der Waals surface area contributed by atoms with E-state index in [2.05, 4.69) is 32.9 Å². The van der Waals surface area contributed by atoms with E-state index in [9.17, 15) is 18.4 Å². The Labute approximate surface area is 217 Å². The highest BCUT2D eigenvalue weighted by molar-refractivity contribution is 9.10. The number of carbonyl (C=O) groups is 1. The van der Waals surface area contributed by atoms with Gasteiger partial charge in [-0.05, 0) is 82.7 Å². The Morgan fingerprint density at radius 3 is 2.54 bits per heavy atom. The molecule has 37 heavy (non-hydrogen) atoms. The number of halogens is 3. The number of aromatic nitrogens is 3. The fourth-order valence-corrected chi connectivity index (χ4v) is 4.17. The van der Waals surface area contributed by atoms with Crippen LogP contribution < -0.4 is 15.6 Å². The number of nitrogens with zero attached hydrogens (tertiary/aromatic N) is 3. The maximum atomic E-state index is 14.9. The maximum Gasteiger partial charge on any atom is 0.268 e. The van der Waals surface area contributed by atoms with Crippen LogP contribution in [0.2, 0.25) is 0 Å². The van der Waals surface area contributed by atoms with Gasteiger partial charge in [0.15, 0.2) is 17.3 Å². The van der Waals surface area contributed by atoms with Gasteiger partial charge in [0.05, 0.1) is 6.20 Å². The van der Waals surface area contributed by atoms with E-state index in [-0.39, 0.29) is 17.0 Å². The largest absolute Gasteiger partial charge is 0.452 e. The molecule has 5 aromatic rings. The zero-order chi connectivity index (χ0) is 26.1. The molecule has 3 aromatic heterocycles. The molecule has 0 spiro atoms. The van der Waals surface area contributed by atoms with Crippen molar-refractivity contribution in [1.29, 1.82) is 0 Å². The van der Waals surface area contributed by atoms with Crippen LogP contribution in [0.25, 0.3) is 17.3 Å². The Morgan fingerprint density at radius 1 is 1.03 bits per heavy atom. The van der Waals surface area contributed by atoms with E-state index in [4.69, 9.17) is 4.74 Å². The van der Waals surface area contributed by atoms with Crippen LogP contribution in [0.3, 0.4) is 0 Å². The van der Waals surface area contributed by atoms with Gasteiger partial charge < -0.3 is 10.1 Å². The molecule has 1 amide bonds. The first-order chi connectivity index (χ1) is 17.8. The summed E-state index contributed by atoms with van der Waals surface area (Å²) in [5.41, 5.74) is 0.720. The molecule has 0 radical (unpaired) electrons. The van der Waals surface area contributed by atoms with Crippen molar-refractivity contribution in [2.24, 2.45) is 0 Å². The quantitative estimate of drug-likeness (QED) is 0.267. The van der Waals surface area contributed by atoms with Crippen molar-refractivity contribution in [2.45, 2.75) is 0 Å². The van der Waals surface area contributed by atoms with Crippen molar-refractivity contribution in [3.63, 3.8) is 0 Å². The van der Waals surface area contributed by atoms with Gasteiger partial charge in [-0.15, -0.1) is 0 Å². The first-order valence-electron chi connectivity index (χ1n) is 10.9. The highest BCUT2D eigenvalue weighted by Crippen LogP contribution is 2.31. The maximum absolute atomic E-state index is 14.9. The number of hydrogen-bond donors (Lipinski definition) is 1. The van der Waals surface area contributed by atoms with Gasteiger partial charge in [0.1, 0.15) is 16.9 Å². The second-order valence-electron chi connectivity index (χ2n) is 7.88. The van der Waals surface area contributed by atoms with E-state index in [1.54, 1.807) is 35.1 Å². The first kappa shape index (κ1) is 24.1. The van der Waals surface area contributed by atoms with Crippen LogP contribution in [-0.2, 0) is 0 Å². The number of hydrogen-bond acceptors (Lipinski definition) is 4. The van der Waals surface area contributed by atoms with Gasteiger partial charge in [-0.2, -0.15) is 5.10 Å². The highest BCUT2D eigenvalue weighted by atomic mass is 79.9. The SMILES string of the molecule is C=Cc1ccc(C(=O)Nc2ccc(Oc3cc(Br)cn4nccc34)c(F)c2)c(=O)n1-c1ccc(F)cc1. The van der Waals surface area contributed by atoms with E-state index in [0.29, 0.717) is 27.1 Å². The molecule has 0 fully saturated rings. The number of benzene rings is 2. The topological polar surface area (TPSA) is 77.6 Å². The summed E-state index contributed by atoms with van der Waals surface area (Å²) in [6.45, 7) is 3.69. The molecule has 0 saturated carbocycles. The minimum atomic E-state index is -0.738. The van der Waals surface area contributed by atoms with Crippen LogP contribution in [0.4, 0.5) is 14.5 Å². The van der Waals surface area contributed by atoms with Gasteiger partial charge in [0.2, 0.25) is 0 Å². The normalized spacial score (nSPS) is 10.9. The molecule has 3 heterocycles. The number of carbonyl (C=O) groups excluding carboxylic acids is 1. The molecule has 0 aliphatic heterocycles. The summed E-state index contributed by atoms with van der Waals surface area (Å²) in [5.74, 6) is -1.60. The van der Waals surface area contributed by atoms with Crippen molar-refractivity contribution in [3.8, 4) is 17.2 Å². The predicted octanol–water partition coefficient (Wildman–Crippen LogP) is 6.21. The number of pyridine rings is 2. The van der Waals surface area contributed by atoms with Crippen LogP contribution in [0.1, 0.15) is 16.1 Å². The molecular formula is C27H17BrF2N4O3. The second-order valence-corrected chi connectivity index (χ2v) is 8.79. The molecule has 0 aliphatic rings. The van der Waals surface area contributed by atoms with E-state index >= 15 is 0 Å². The lowest BCUT2D eigenvalue weighted by Crippen LogP contribution is -2.29. The summed E-state index contributed by atoms with van der Waals surface area (Å²) in [6.07, 6.45) is 4.78. The summed E-state index contributed by atoms with van der Waals surface area (Å²) < 4.78 is 37.5. The Hall–Kier alpha value is -4.57.